The molecular weight excluding hydrogens is 431 g/mol. The van der Waals surface area contributed by atoms with Gasteiger partial charge in [-0.3, -0.25) is 9.59 Å². The Bertz CT molecular complexity index is 1310. The van der Waals surface area contributed by atoms with E-state index in [1.54, 1.807) is 54.2 Å². The molecule has 4 aromatic rings. The van der Waals surface area contributed by atoms with E-state index in [1.807, 2.05) is 36.5 Å². The molecule has 1 aromatic heterocycles. The lowest BCUT2D eigenvalue weighted by molar-refractivity contribution is -0.120. The lowest BCUT2D eigenvalue weighted by Gasteiger charge is -2.04. The minimum absolute atomic E-state index is 0.0762. The first-order chi connectivity index (χ1) is 16.5. The summed E-state index contributed by atoms with van der Waals surface area (Å²) in [6, 6.07) is 22.8. The monoisotopic (exact) mass is 454 g/mol. The van der Waals surface area contributed by atoms with Crippen LogP contribution in [0.3, 0.4) is 0 Å². The number of benzene rings is 3. The van der Waals surface area contributed by atoms with Gasteiger partial charge < -0.3 is 10.6 Å². The second-order valence-electron chi connectivity index (χ2n) is 7.59. The van der Waals surface area contributed by atoms with Crippen LogP contribution in [0.25, 0.3) is 23.0 Å². The standard InChI is InChI=1S/C27H23FN4O2/c1-29-26(34)17-19-7-14-23(15-8-19)30-25(33)16-11-21-18-32(24-5-3-2-4-6-24)31-27(21)20-9-12-22(28)13-10-20/h2-16,18H,17H2,1H3,(H,29,34)(H,30,33). The number of carbonyl (C=O) groups excluding carboxylic acids is 2. The molecule has 0 bridgehead atoms. The first kappa shape index (κ1) is 22.7. The fourth-order valence-electron chi connectivity index (χ4n) is 3.38. The molecule has 2 N–H and O–H groups in total. The van der Waals surface area contributed by atoms with Gasteiger partial charge in [-0.05, 0) is 60.2 Å². The van der Waals surface area contributed by atoms with Gasteiger partial charge in [0.05, 0.1) is 17.8 Å². The maximum Gasteiger partial charge on any atom is 0.248 e. The minimum atomic E-state index is -0.330. The third-order valence-corrected chi connectivity index (χ3v) is 5.16. The molecule has 3 aromatic carbocycles. The molecule has 0 saturated heterocycles. The molecule has 7 heteroatoms. The lowest BCUT2D eigenvalue weighted by Crippen LogP contribution is -2.19. The number of rotatable bonds is 7. The van der Waals surface area contributed by atoms with Gasteiger partial charge in [-0.1, -0.05) is 30.3 Å². The van der Waals surface area contributed by atoms with Crippen LogP contribution in [0.4, 0.5) is 10.1 Å². The SMILES string of the molecule is CNC(=O)Cc1ccc(NC(=O)C=Cc2cn(-c3ccccc3)nc2-c2ccc(F)cc2)cc1. The molecule has 2 amide bonds. The zero-order valence-electron chi connectivity index (χ0n) is 18.5. The normalized spacial score (nSPS) is 10.9. The third kappa shape index (κ3) is 5.63. The van der Waals surface area contributed by atoms with Crippen LogP contribution in [-0.2, 0) is 16.0 Å². The summed E-state index contributed by atoms with van der Waals surface area (Å²) in [4.78, 5) is 24.0. The number of hydrogen-bond donors (Lipinski definition) is 2. The van der Waals surface area contributed by atoms with Crippen molar-refractivity contribution >= 4 is 23.6 Å². The number of aromatic nitrogens is 2. The Labute approximate surface area is 196 Å². The van der Waals surface area contributed by atoms with Crippen molar-refractivity contribution in [3.63, 3.8) is 0 Å². The summed E-state index contributed by atoms with van der Waals surface area (Å²) in [5, 5.41) is 10.1. The summed E-state index contributed by atoms with van der Waals surface area (Å²) >= 11 is 0. The quantitative estimate of drug-likeness (QED) is 0.400. The molecule has 0 unspecified atom stereocenters. The maximum atomic E-state index is 13.4. The van der Waals surface area contributed by atoms with E-state index in [9.17, 15) is 14.0 Å². The van der Waals surface area contributed by atoms with Crippen LogP contribution < -0.4 is 10.6 Å². The Hall–Kier alpha value is -4.52. The second-order valence-corrected chi connectivity index (χ2v) is 7.59. The van der Waals surface area contributed by atoms with Crippen molar-refractivity contribution in [3.05, 3.63) is 108 Å². The number of likely N-dealkylation sites (N-methyl/N-ethyl adjacent to an activating group) is 1. The van der Waals surface area contributed by atoms with Gasteiger partial charge in [0.2, 0.25) is 11.8 Å². The van der Waals surface area contributed by atoms with Crippen molar-refractivity contribution in [3.8, 4) is 16.9 Å². The molecule has 34 heavy (non-hydrogen) atoms. The molecule has 0 aliphatic rings. The molecule has 4 rings (SSSR count). The number of para-hydroxylation sites is 1. The summed E-state index contributed by atoms with van der Waals surface area (Å²) in [5.41, 5.74) is 4.42. The number of halogens is 1. The fourth-order valence-corrected chi connectivity index (χ4v) is 3.38. The average Bonchev–Trinajstić information content (AvgIpc) is 3.29. The topological polar surface area (TPSA) is 76.0 Å². The van der Waals surface area contributed by atoms with Crippen molar-refractivity contribution in [1.29, 1.82) is 0 Å². The molecule has 6 nitrogen and oxygen atoms in total. The molecular formula is C27H23FN4O2. The first-order valence-electron chi connectivity index (χ1n) is 10.7. The summed E-state index contributed by atoms with van der Waals surface area (Å²) in [7, 11) is 1.59. The molecule has 0 aliphatic carbocycles. The van der Waals surface area contributed by atoms with Gasteiger partial charge in [0.15, 0.2) is 0 Å². The highest BCUT2D eigenvalue weighted by molar-refractivity contribution is 6.02. The van der Waals surface area contributed by atoms with E-state index < -0.39 is 0 Å². The molecule has 170 valence electrons. The van der Waals surface area contributed by atoms with Crippen LogP contribution in [0.5, 0.6) is 0 Å². The number of nitrogens with one attached hydrogen (secondary N) is 2. The van der Waals surface area contributed by atoms with Gasteiger partial charge in [-0.15, -0.1) is 0 Å². The number of anilines is 1. The first-order valence-corrected chi connectivity index (χ1v) is 10.7. The lowest BCUT2D eigenvalue weighted by atomic mass is 10.1. The van der Waals surface area contributed by atoms with Gasteiger partial charge in [0.1, 0.15) is 5.82 Å². The van der Waals surface area contributed by atoms with Crippen molar-refractivity contribution in [2.75, 3.05) is 12.4 Å². The Morgan fingerprint density at radius 1 is 0.971 bits per heavy atom. The predicted octanol–water partition coefficient (Wildman–Crippen LogP) is 4.62. The predicted molar refractivity (Wildman–Crippen MR) is 131 cm³/mol. The van der Waals surface area contributed by atoms with Crippen molar-refractivity contribution in [2.45, 2.75) is 6.42 Å². The number of carbonyl (C=O) groups is 2. The van der Waals surface area contributed by atoms with Crippen LogP contribution in [0.15, 0.2) is 91.1 Å². The summed E-state index contributed by atoms with van der Waals surface area (Å²) in [6.45, 7) is 0. The average molecular weight is 455 g/mol. The zero-order chi connectivity index (χ0) is 23.9. The molecule has 0 atom stereocenters. The van der Waals surface area contributed by atoms with Crippen molar-refractivity contribution < 1.29 is 14.0 Å². The van der Waals surface area contributed by atoms with Gasteiger partial charge in [-0.25, -0.2) is 9.07 Å². The minimum Gasteiger partial charge on any atom is -0.359 e. The molecule has 0 spiro atoms. The van der Waals surface area contributed by atoms with Crippen LogP contribution >= 0.6 is 0 Å². The maximum absolute atomic E-state index is 13.4. The Kier molecular flexibility index (Phi) is 6.93. The van der Waals surface area contributed by atoms with E-state index in [0.29, 0.717) is 16.9 Å². The van der Waals surface area contributed by atoms with Gasteiger partial charge in [-0.2, -0.15) is 5.10 Å². The van der Waals surface area contributed by atoms with E-state index in [1.165, 1.54) is 18.2 Å². The van der Waals surface area contributed by atoms with Crippen molar-refractivity contribution in [1.82, 2.24) is 15.1 Å². The fraction of sp³-hybridized carbons (Fsp3) is 0.0741. The highest BCUT2D eigenvalue weighted by atomic mass is 19.1. The number of amides is 2. The van der Waals surface area contributed by atoms with Gasteiger partial charge >= 0.3 is 0 Å². The van der Waals surface area contributed by atoms with E-state index in [2.05, 4.69) is 15.7 Å². The Morgan fingerprint density at radius 3 is 2.35 bits per heavy atom. The highest BCUT2D eigenvalue weighted by Crippen LogP contribution is 2.25. The van der Waals surface area contributed by atoms with E-state index >= 15 is 0 Å². The molecule has 0 saturated carbocycles. The molecule has 0 aliphatic heterocycles. The van der Waals surface area contributed by atoms with Gasteiger partial charge in [0, 0.05) is 36.1 Å². The Morgan fingerprint density at radius 2 is 1.68 bits per heavy atom. The van der Waals surface area contributed by atoms with Crippen molar-refractivity contribution in [2.24, 2.45) is 0 Å². The van der Waals surface area contributed by atoms with E-state index in [4.69, 9.17) is 0 Å². The summed E-state index contributed by atoms with van der Waals surface area (Å²) in [5.74, 6) is -0.714. The zero-order valence-corrected chi connectivity index (χ0v) is 18.5. The second kappa shape index (κ2) is 10.4. The van der Waals surface area contributed by atoms with Crippen LogP contribution in [0.1, 0.15) is 11.1 Å². The molecule has 0 radical (unpaired) electrons. The van der Waals surface area contributed by atoms with Crippen LogP contribution in [-0.4, -0.2) is 28.6 Å². The summed E-state index contributed by atoms with van der Waals surface area (Å²) < 4.78 is 15.2. The third-order valence-electron chi connectivity index (χ3n) is 5.16. The molecule has 1 heterocycles. The van der Waals surface area contributed by atoms with Crippen LogP contribution in [0.2, 0.25) is 0 Å². The van der Waals surface area contributed by atoms with Gasteiger partial charge in [0.25, 0.3) is 0 Å². The Balaban J connectivity index is 1.54. The molecule has 0 fully saturated rings. The van der Waals surface area contributed by atoms with E-state index in [-0.39, 0.29) is 24.1 Å². The number of hydrogen-bond acceptors (Lipinski definition) is 3. The number of nitrogens with zero attached hydrogens (tertiary/aromatic N) is 2. The van der Waals surface area contributed by atoms with E-state index in [0.717, 1.165) is 16.8 Å². The highest BCUT2D eigenvalue weighted by Gasteiger charge is 2.11. The van der Waals surface area contributed by atoms with Crippen LogP contribution in [0, 0.1) is 5.82 Å². The summed E-state index contributed by atoms with van der Waals surface area (Å²) in [6.07, 6.45) is 5.21. The largest absolute Gasteiger partial charge is 0.359 e. The smallest absolute Gasteiger partial charge is 0.248 e.